The maximum atomic E-state index is 15.1. The molecule has 3 saturated heterocycles. The largest absolute Gasteiger partial charge is 0.465 e. The van der Waals surface area contributed by atoms with Gasteiger partial charge in [-0.15, -0.1) is 13.2 Å². The average molecular weight is 644 g/mol. The zero-order valence-electron chi connectivity index (χ0n) is 28.0. The van der Waals surface area contributed by atoms with Crippen LogP contribution in [0.2, 0.25) is 0 Å². The van der Waals surface area contributed by atoms with Gasteiger partial charge in [-0.25, -0.2) is 0 Å². The number of ether oxygens (including phenoxy) is 2. The van der Waals surface area contributed by atoms with Crippen molar-refractivity contribution in [2.75, 3.05) is 42.6 Å². The second-order valence-corrected chi connectivity index (χ2v) is 12.7. The van der Waals surface area contributed by atoms with Gasteiger partial charge in [-0.3, -0.25) is 14.4 Å². The quantitative estimate of drug-likeness (QED) is 0.148. The molecule has 1 spiro atoms. The minimum absolute atomic E-state index is 0.200. The number of fused-ring (bicyclic) bond motifs is 1. The third-order valence-corrected chi connectivity index (χ3v) is 10.5. The summed E-state index contributed by atoms with van der Waals surface area (Å²) in [4.78, 5) is 49.2. The molecule has 0 radical (unpaired) electrons. The number of unbranched alkanes of at least 4 members (excludes halogenated alkanes) is 1. The monoisotopic (exact) mass is 643 g/mol. The molecule has 3 heterocycles. The van der Waals surface area contributed by atoms with E-state index in [1.807, 2.05) is 61.5 Å². The Hall–Kier alpha value is -3.95. The summed E-state index contributed by atoms with van der Waals surface area (Å²) in [5.74, 6) is -2.97. The first-order valence-electron chi connectivity index (χ1n) is 17.0. The van der Waals surface area contributed by atoms with Crippen LogP contribution in [0.15, 0.2) is 79.9 Å². The van der Waals surface area contributed by atoms with Crippen molar-refractivity contribution >= 4 is 29.2 Å². The first-order chi connectivity index (χ1) is 22.8. The molecule has 1 N–H and O–H groups in total. The molecule has 2 aromatic carbocycles. The lowest BCUT2D eigenvalue weighted by atomic mass is 9.65. The fourth-order valence-electron chi connectivity index (χ4n) is 8.18. The Bertz CT molecular complexity index is 1440. The van der Waals surface area contributed by atoms with Crippen LogP contribution in [0, 0.1) is 11.8 Å². The summed E-state index contributed by atoms with van der Waals surface area (Å²) in [6.45, 7) is 15.5. The summed E-state index contributed by atoms with van der Waals surface area (Å²) >= 11 is 0. The molecule has 47 heavy (non-hydrogen) atoms. The Labute approximate surface area is 278 Å². The van der Waals surface area contributed by atoms with Gasteiger partial charge in [0, 0.05) is 31.0 Å². The number of rotatable bonds is 16. The SMILES string of the molecule is C=CCCCOC(=O)[C@H]1[C@H]2C(=O)N([C@H](CO)c3ccccc3)C(C(=O)N(CC=C)c3ccc(N(CC)CC)cc3)C23CC[C@]1(CC)O3. The average Bonchev–Trinajstić information content (AvgIpc) is 3.71. The van der Waals surface area contributed by atoms with Crippen LogP contribution < -0.4 is 9.80 Å². The van der Waals surface area contributed by atoms with Crippen molar-refractivity contribution in [3.05, 3.63) is 85.5 Å². The highest BCUT2D eigenvalue weighted by Crippen LogP contribution is 2.65. The van der Waals surface area contributed by atoms with Crippen molar-refractivity contribution in [3.8, 4) is 0 Å². The molecule has 2 bridgehead atoms. The number of anilines is 2. The lowest BCUT2D eigenvalue weighted by Gasteiger charge is -2.39. The number of nitrogens with zero attached hydrogens (tertiary/aromatic N) is 3. The molecule has 2 aromatic rings. The summed E-state index contributed by atoms with van der Waals surface area (Å²) in [6.07, 6.45) is 6.22. The second kappa shape index (κ2) is 14.4. The van der Waals surface area contributed by atoms with Gasteiger partial charge in [-0.05, 0) is 75.8 Å². The van der Waals surface area contributed by atoms with Crippen molar-refractivity contribution < 1.29 is 29.0 Å². The summed E-state index contributed by atoms with van der Waals surface area (Å²) in [5, 5.41) is 10.8. The van der Waals surface area contributed by atoms with Crippen LogP contribution in [0.4, 0.5) is 11.4 Å². The zero-order valence-corrected chi connectivity index (χ0v) is 28.0. The van der Waals surface area contributed by atoms with Gasteiger partial charge in [0.1, 0.15) is 17.6 Å². The number of carbonyl (C=O) groups excluding carboxylic acids is 3. The summed E-state index contributed by atoms with van der Waals surface area (Å²) in [7, 11) is 0. The zero-order chi connectivity index (χ0) is 33.8. The van der Waals surface area contributed by atoms with Crippen molar-refractivity contribution in [3.63, 3.8) is 0 Å². The minimum Gasteiger partial charge on any atom is -0.465 e. The number of hydrogen-bond acceptors (Lipinski definition) is 7. The van der Waals surface area contributed by atoms with Gasteiger partial charge in [0.2, 0.25) is 5.91 Å². The van der Waals surface area contributed by atoms with Crippen molar-refractivity contribution in [2.24, 2.45) is 11.8 Å². The molecule has 3 aliphatic rings. The van der Waals surface area contributed by atoms with Crippen molar-refractivity contribution in [1.29, 1.82) is 0 Å². The number of allylic oxidation sites excluding steroid dienone is 1. The van der Waals surface area contributed by atoms with E-state index in [0.717, 1.165) is 18.8 Å². The molecule has 9 heteroatoms. The van der Waals surface area contributed by atoms with E-state index in [2.05, 4.69) is 31.9 Å². The third kappa shape index (κ3) is 5.89. The topological polar surface area (TPSA) is 99.6 Å². The van der Waals surface area contributed by atoms with E-state index in [4.69, 9.17) is 9.47 Å². The van der Waals surface area contributed by atoms with Crippen molar-refractivity contribution in [1.82, 2.24) is 4.90 Å². The highest BCUT2D eigenvalue weighted by Gasteiger charge is 2.79. The van der Waals surface area contributed by atoms with Gasteiger partial charge < -0.3 is 29.3 Å². The summed E-state index contributed by atoms with van der Waals surface area (Å²) in [5.41, 5.74) is 0.213. The summed E-state index contributed by atoms with van der Waals surface area (Å²) in [6, 6.07) is 15.1. The third-order valence-electron chi connectivity index (χ3n) is 10.5. The Morgan fingerprint density at radius 3 is 2.32 bits per heavy atom. The predicted molar refractivity (Wildman–Crippen MR) is 183 cm³/mol. The Morgan fingerprint density at radius 1 is 1.04 bits per heavy atom. The van der Waals surface area contributed by atoms with Gasteiger partial charge in [0.25, 0.3) is 5.91 Å². The number of aliphatic hydroxyl groups excluding tert-OH is 1. The van der Waals surface area contributed by atoms with Gasteiger partial charge in [0.15, 0.2) is 0 Å². The minimum atomic E-state index is -1.27. The number of benzene rings is 2. The molecule has 252 valence electrons. The smallest absolute Gasteiger partial charge is 0.312 e. The maximum absolute atomic E-state index is 15.1. The Balaban J connectivity index is 1.61. The van der Waals surface area contributed by atoms with Crippen LogP contribution >= 0.6 is 0 Å². The maximum Gasteiger partial charge on any atom is 0.312 e. The number of aliphatic hydroxyl groups is 1. The molecule has 6 atom stereocenters. The van der Waals surface area contributed by atoms with Crippen LogP contribution in [0.3, 0.4) is 0 Å². The normalized spacial score (nSPS) is 26.5. The molecule has 0 aliphatic carbocycles. The number of esters is 1. The molecule has 0 aromatic heterocycles. The standard InChI is InChI=1S/C38H49N3O6/c1-6-11-15-25-46-36(45)32-31-34(43)41(30(26-42)27-16-13-12-14-17-27)33(38(31)23-22-37(32,8-3)47-38)35(44)40(24-7-2)29-20-18-28(19-21-29)39(9-4)10-5/h6-7,12-14,16-21,30-33,42H,1-2,8-11,15,22-26H2,3-5H3/t30-,31+,32-,33?,37+,38?/m1/s1. The highest BCUT2D eigenvalue weighted by molar-refractivity contribution is 6.05. The van der Waals surface area contributed by atoms with E-state index in [0.29, 0.717) is 43.4 Å². The number of amides is 2. The first kappa shape index (κ1) is 34.4. The van der Waals surface area contributed by atoms with Gasteiger partial charge in [0.05, 0.1) is 30.8 Å². The van der Waals surface area contributed by atoms with Crippen LogP contribution in [0.5, 0.6) is 0 Å². The van der Waals surface area contributed by atoms with Gasteiger partial charge >= 0.3 is 5.97 Å². The number of likely N-dealkylation sites (tertiary alicyclic amines) is 1. The first-order valence-corrected chi connectivity index (χ1v) is 17.0. The Kier molecular flexibility index (Phi) is 10.6. The van der Waals surface area contributed by atoms with E-state index < -0.39 is 47.7 Å². The van der Waals surface area contributed by atoms with Gasteiger partial charge in [-0.1, -0.05) is 49.4 Å². The molecule has 9 nitrogen and oxygen atoms in total. The van der Waals surface area contributed by atoms with Crippen molar-refractivity contribution in [2.45, 2.75) is 76.2 Å². The molecule has 3 fully saturated rings. The van der Waals surface area contributed by atoms with Crippen LogP contribution in [-0.4, -0.2) is 77.9 Å². The molecular weight excluding hydrogens is 594 g/mol. The molecule has 2 amide bonds. The Morgan fingerprint density at radius 2 is 1.72 bits per heavy atom. The molecule has 3 aliphatic heterocycles. The number of carbonyl (C=O) groups is 3. The molecule has 2 unspecified atom stereocenters. The molecular formula is C38H49N3O6. The van der Waals surface area contributed by atoms with E-state index in [1.54, 1.807) is 17.1 Å². The fraction of sp³-hybridized carbons (Fsp3) is 0.500. The predicted octanol–water partition coefficient (Wildman–Crippen LogP) is 5.45. The number of hydrogen-bond donors (Lipinski definition) is 1. The van der Waals surface area contributed by atoms with E-state index in [1.165, 1.54) is 4.90 Å². The lowest BCUT2D eigenvalue weighted by Crippen LogP contribution is -2.57. The fourth-order valence-corrected chi connectivity index (χ4v) is 8.18. The van der Waals surface area contributed by atoms with Crippen LogP contribution in [0.25, 0.3) is 0 Å². The van der Waals surface area contributed by atoms with E-state index in [-0.39, 0.29) is 25.0 Å². The molecule has 5 rings (SSSR count). The van der Waals surface area contributed by atoms with Crippen LogP contribution in [-0.2, 0) is 23.9 Å². The van der Waals surface area contributed by atoms with E-state index in [9.17, 15) is 14.7 Å². The molecule has 0 saturated carbocycles. The summed E-state index contributed by atoms with van der Waals surface area (Å²) < 4.78 is 12.7. The second-order valence-electron chi connectivity index (χ2n) is 12.7. The van der Waals surface area contributed by atoms with Crippen LogP contribution in [0.1, 0.15) is 64.5 Å². The van der Waals surface area contributed by atoms with E-state index >= 15 is 4.79 Å². The van der Waals surface area contributed by atoms with Gasteiger partial charge in [-0.2, -0.15) is 0 Å². The highest BCUT2D eigenvalue weighted by atomic mass is 16.6. The lowest BCUT2D eigenvalue weighted by molar-refractivity contribution is -0.162.